The molecule has 1 aromatic carbocycles. The highest BCUT2D eigenvalue weighted by Gasteiger charge is 2.33. The maximum absolute atomic E-state index is 12.8. The predicted molar refractivity (Wildman–Crippen MR) is 75.2 cm³/mol. The Morgan fingerprint density at radius 3 is 2.48 bits per heavy atom. The molecule has 21 heavy (non-hydrogen) atoms. The van der Waals surface area contributed by atoms with Crippen molar-refractivity contribution >= 4 is 0 Å². The molecule has 0 spiro atoms. The molecular formula is C15H21F3N2O. The van der Waals surface area contributed by atoms with Crippen molar-refractivity contribution < 1.29 is 17.9 Å². The molecule has 1 heterocycles. The van der Waals surface area contributed by atoms with Crippen LogP contribution in [0, 0.1) is 0 Å². The number of benzene rings is 1. The summed E-state index contributed by atoms with van der Waals surface area (Å²) in [5.74, 6) is 0.287. The molecule has 0 bridgehead atoms. The van der Waals surface area contributed by atoms with Crippen molar-refractivity contribution in [1.29, 1.82) is 0 Å². The van der Waals surface area contributed by atoms with Gasteiger partial charge in [0.15, 0.2) is 0 Å². The van der Waals surface area contributed by atoms with Crippen molar-refractivity contribution in [3.05, 3.63) is 29.3 Å². The zero-order valence-corrected chi connectivity index (χ0v) is 12.1. The normalized spacial score (nSPS) is 18.0. The van der Waals surface area contributed by atoms with Gasteiger partial charge in [-0.2, -0.15) is 13.2 Å². The lowest BCUT2D eigenvalue weighted by atomic mass is 9.99. The number of halogens is 3. The van der Waals surface area contributed by atoms with Crippen molar-refractivity contribution in [3.63, 3.8) is 0 Å². The van der Waals surface area contributed by atoms with Gasteiger partial charge in [-0.25, -0.2) is 0 Å². The highest BCUT2D eigenvalue weighted by atomic mass is 19.4. The average Bonchev–Trinajstić information content (AvgIpc) is 2.97. The van der Waals surface area contributed by atoms with E-state index in [9.17, 15) is 13.2 Å². The van der Waals surface area contributed by atoms with Gasteiger partial charge in [0.05, 0.1) is 12.7 Å². The largest absolute Gasteiger partial charge is 0.496 e. The first-order valence-electron chi connectivity index (χ1n) is 7.16. The highest BCUT2D eigenvalue weighted by Crippen LogP contribution is 2.38. The van der Waals surface area contributed by atoms with Crippen LogP contribution in [0.4, 0.5) is 13.2 Å². The molecule has 0 amide bonds. The van der Waals surface area contributed by atoms with E-state index in [0.29, 0.717) is 13.0 Å². The first-order valence-corrected chi connectivity index (χ1v) is 7.16. The number of rotatable bonds is 5. The van der Waals surface area contributed by atoms with Crippen LogP contribution in [0.5, 0.6) is 5.75 Å². The summed E-state index contributed by atoms with van der Waals surface area (Å²) in [5, 5.41) is 0. The van der Waals surface area contributed by atoms with Crippen LogP contribution < -0.4 is 10.5 Å². The molecular weight excluding hydrogens is 281 g/mol. The molecule has 1 aliphatic rings. The zero-order valence-electron chi connectivity index (χ0n) is 12.1. The van der Waals surface area contributed by atoms with E-state index in [0.717, 1.165) is 43.6 Å². The number of hydrogen-bond acceptors (Lipinski definition) is 3. The fraction of sp³-hybridized carbons (Fsp3) is 0.600. The summed E-state index contributed by atoms with van der Waals surface area (Å²) in [5.41, 5.74) is 5.78. The summed E-state index contributed by atoms with van der Waals surface area (Å²) in [6.45, 7) is 2.40. The number of likely N-dealkylation sites (tertiary alicyclic amines) is 1. The minimum absolute atomic E-state index is 0.0229. The Morgan fingerprint density at radius 1 is 1.29 bits per heavy atom. The van der Waals surface area contributed by atoms with Gasteiger partial charge in [0.2, 0.25) is 0 Å². The van der Waals surface area contributed by atoms with E-state index in [2.05, 4.69) is 4.90 Å². The van der Waals surface area contributed by atoms with E-state index in [4.69, 9.17) is 10.5 Å². The number of nitrogens with zero attached hydrogens (tertiary/aromatic N) is 1. The van der Waals surface area contributed by atoms with E-state index in [1.165, 1.54) is 13.2 Å². The fourth-order valence-corrected chi connectivity index (χ4v) is 2.91. The van der Waals surface area contributed by atoms with E-state index in [1.807, 2.05) is 0 Å². The van der Waals surface area contributed by atoms with Crippen molar-refractivity contribution in [2.24, 2.45) is 5.73 Å². The van der Waals surface area contributed by atoms with Gasteiger partial charge in [-0.1, -0.05) is 6.07 Å². The van der Waals surface area contributed by atoms with Gasteiger partial charge in [-0.3, -0.25) is 4.90 Å². The molecule has 0 aliphatic carbocycles. The monoisotopic (exact) mass is 302 g/mol. The van der Waals surface area contributed by atoms with Gasteiger partial charge < -0.3 is 10.5 Å². The molecule has 0 radical (unpaired) electrons. The summed E-state index contributed by atoms with van der Waals surface area (Å²) >= 11 is 0. The van der Waals surface area contributed by atoms with Gasteiger partial charge >= 0.3 is 6.18 Å². The molecule has 1 saturated heterocycles. The first kappa shape index (κ1) is 16.1. The summed E-state index contributed by atoms with van der Waals surface area (Å²) in [4.78, 5) is 2.28. The Morgan fingerprint density at radius 2 is 1.95 bits per heavy atom. The minimum atomic E-state index is -4.36. The van der Waals surface area contributed by atoms with Crippen LogP contribution in [0.3, 0.4) is 0 Å². The molecule has 3 nitrogen and oxygen atoms in total. The molecule has 0 aromatic heterocycles. The van der Waals surface area contributed by atoms with Crippen molar-refractivity contribution in [2.45, 2.75) is 31.5 Å². The maximum atomic E-state index is 12.8. The molecule has 1 aromatic rings. The summed E-state index contributed by atoms with van der Waals surface area (Å²) in [6.07, 6.45) is -1.42. The summed E-state index contributed by atoms with van der Waals surface area (Å²) in [7, 11) is 1.41. The third-order valence-electron chi connectivity index (χ3n) is 3.94. The molecule has 0 saturated carbocycles. The van der Waals surface area contributed by atoms with E-state index in [-0.39, 0.29) is 11.8 Å². The van der Waals surface area contributed by atoms with E-state index < -0.39 is 11.7 Å². The first-order chi connectivity index (χ1) is 9.97. The van der Waals surface area contributed by atoms with Crippen LogP contribution >= 0.6 is 0 Å². The second kappa shape index (κ2) is 6.66. The van der Waals surface area contributed by atoms with Crippen LogP contribution in [0.1, 0.15) is 36.4 Å². The standard InChI is InChI=1S/C15H21F3N2O/c1-21-14-10-11(15(16,17)18)4-5-12(14)13(6-7-19)20-8-2-3-9-20/h4-5,10,13H,2-3,6-9,19H2,1H3. The van der Waals surface area contributed by atoms with Crippen molar-refractivity contribution in [2.75, 3.05) is 26.7 Å². The second-order valence-corrected chi connectivity index (χ2v) is 5.29. The SMILES string of the molecule is COc1cc(C(F)(F)F)ccc1C(CCN)N1CCCC1. The molecule has 2 rings (SSSR count). The molecule has 118 valence electrons. The third kappa shape index (κ3) is 3.68. The number of methoxy groups -OCH3 is 1. The molecule has 6 heteroatoms. The zero-order chi connectivity index (χ0) is 15.5. The van der Waals surface area contributed by atoms with Crippen LogP contribution in [-0.2, 0) is 6.18 Å². The van der Waals surface area contributed by atoms with Crippen LogP contribution in [0.15, 0.2) is 18.2 Å². The van der Waals surface area contributed by atoms with Gasteiger partial charge in [0.1, 0.15) is 5.75 Å². The Balaban J connectivity index is 2.35. The Labute approximate surface area is 122 Å². The second-order valence-electron chi connectivity index (χ2n) is 5.29. The Hall–Kier alpha value is -1.27. The molecule has 1 unspecified atom stereocenters. The number of alkyl halides is 3. The smallest absolute Gasteiger partial charge is 0.416 e. The van der Waals surface area contributed by atoms with Crippen LogP contribution in [-0.4, -0.2) is 31.6 Å². The van der Waals surface area contributed by atoms with Gasteiger partial charge in [0, 0.05) is 11.6 Å². The van der Waals surface area contributed by atoms with E-state index >= 15 is 0 Å². The quantitative estimate of drug-likeness (QED) is 0.908. The molecule has 1 fully saturated rings. The lowest BCUT2D eigenvalue weighted by Gasteiger charge is -2.29. The molecule has 2 N–H and O–H groups in total. The number of ether oxygens (including phenoxy) is 1. The maximum Gasteiger partial charge on any atom is 0.416 e. The highest BCUT2D eigenvalue weighted by molar-refractivity contribution is 5.41. The number of hydrogen-bond donors (Lipinski definition) is 1. The van der Waals surface area contributed by atoms with Gasteiger partial charge in [-0.15, -0.1) is 0 Å². The summed E-state index contributed by atoms with van der Waals surface area (Å²) < 4.78 is 43.6. The lowest BCUT2D eigenvalue weighted by molar-refractivity contribution is -0.137. The number of nitrogens with two attached hydrogens (primary N) is 1. The fourth-order valence-electron chi connectivity index (χ4n) is 2.91. The topological polar surface area (TPSA) is 38.5 Å². The van der Waals surface area contributed by atoms with Crippen molar-refractivity contribution in [1.82, 2.24) is 4.90 Å². The van der Waals surface area contributed by atoms with Crippen molar-refractivity contribution in [3.8, 4) is 5.75 Å². The lowest BCUT2D eigenvalue weighted by Crippen LogP contribution is -2.28. The van der Waals surface area contributed by atoms with Crippen LogP contribution in [0.25, 0.3) is 0 Å². The Bertz CT molecular complexity index is 470. The van der Waals surface area contributed by atoms with E-state index in [1.54, 1.807) is 0 Å². The molecule has 1 aliphatic heterocycles. The Kier molecular flexibility index (Phi) is 5.11. The molecule has 1 atom stereocenters. The van der Waals surface area contributed by atoms with Gasteiger partial charge in [0.25, 0.3) is 0 Å². The average molecular weight is 302 g/mol. The third-order valence-corrected chi connectivity index (χ3v) is 3.94. The predicted octanol–water partition coefficient (Wildman–Crippen LogP) is 3.20. The van der Waals surface area contributed by atoms with Crippen LogP contribution in [0.2, 0.25) is 0 Å². The summed E-state index contributed by atoms with van der Waals surface area (Å²) in [6, 6.07) is 3.75. The van der Waals surface area contributed by atoms with Gasteiger partial charge in [-0.05, 0) is 51.0 Å². The minimum Gasteiger partial charge on any atom is -0.496 e.